The highest BCUT2D eigenvalue weighted by Crippen LogP contribution is 2.57. The van der Waals surface area contributed by atoms with Crippen LogP contribution in [0.1, 0.15) is 129 Å². The van der Waals surface area contributed by atoms with Crippen LogP contribution >= 0.6 is 22.6 Å². The molecule has 0 bridgehead atoms. The van der Waals surface area contributed by atoms with Gasteiger partial charge in [0.05, 0.1) is 0 Å². The lowest BCUT2D eigenvalue weighted by molar-refractivity contribution is 0.266. The van der Waals surface area contributed by atoms with Crippen LogP contribution in [0.5, 0.6) is 0 Å². The van der Waals surface area contributed by atoms with Crippen LogP contribution in [0.25, 0.3) is 22.3 Å². The normalized spacial score (nSPS) is 17.9. The Morgan fingerprint density at radius 2 is 1.15 bits per heavy atom. The molecular weight excluding hydrogens is 595 g/mol. The molecule has 0 nitrogen and oxygen atoms in total. The summed E-state index contributed by atoms with van der Waals surface area (Å²) >= 11 is 2.55. The molecule has 0 aliphatic heterocycles. The van der Waals surface area contributed by atoms with Gasteiger partial charge in [0.15, 0.2) is 0 Å². The van der Waals surface area contributed by atoms with Gasteiger partial charge in [0, 0.05) is 8.99 Å². The average Bonchev–Trinajstić information content (AvgIpc) is 3.20. The zero-order valence-corrected chi connectivity index (χ0v) is 28.5. The van der Waals surface area contributed by atoms with Gasteiger partial charge in [-0.25, -0.2) is 0 Å². The third-order valence-electron chi connectivity index (χ3n) is 9.77. The minimum Gasteiger partial charge on any atom is -0.0654 e. The number of rotatable bonds is 13. The van der Waals surface area contributed by atoms with Gasteiger partial charge < -0.3 is 0 Å². The first kappa shape index (κ1) is 31.3. The smallest absolute Gasteiger partial charge is 0.0221 e. The molecule has 0 heterocycles. The van der Waals surface area contributed by atoms with Crippen molar-refractivity contribution in [2.45, 2.75) is 124 Å². The van der Waals surface area contributed by atoms with Crippen LogP contribution < -0.4 is 0 Å². The van der Waals surface area contributed by atoms with E-state index in [2.05, 4.69) is 132 Å². The summed E-state index contributed by atoms with van der Waals surface area (Å²) in [5, 5.41) is 0. The minimum absolute atomic E-state index is 0.0933. The summed E-state index contributed by atoms with van der Waals surface area (Å²) in [5.74, 6) is 1.52. The molecule has 0 saturated carbocycles. The molecule has 4 rings (SSSR count). The van der Waals surface area contributed by atoms with E-state index in [0.717, 1.165) is 11.8 Å². The van der Waals surface area contributed by atoms with Gasteiger partial charge in [-0.2, -0.15) is 0 Å². The summed E-state index contributed by atoms with van der Waals surface area (Å²) in [6.45, 7) is 16.5. The van der Waals surface area contributed by atoms with Gasteiger partial charge >= 0.3 is 0 Å². The van der Waals surface area contributed by atoms with E-state index >= 15 is 0 Å². The molecule has 0 amide bonds. The zero-order chi connectivity index (χ0) is 28.9. The molecule has 216 valence electrons. The molecule has 0 saturated heterocycles. The van der Waals surface area contributed by atoms with Crippen molar-refractivity contribution in [2.75, 3.05) is 0 Å². The fourth-order valence-corrected chi connectivity index (χ4v) is 7.70. The molecule has 3 aromatic rings. The molecule has 1 aliphatic rings. The van der Waals surface area contributed by atoms with Crippen molar-refractivity contribution in [1.82, 2.24) is 0 Å². The van der Waals surface area contributed by atoms with E-state index in [-0.39, 0.29) is 10.8 Å². The predicted octanol–water partition coefficient (Wildman–Crippen LogP) is 12.7. The first-order valence-corrected chi connectivity index (χ1v) is 17.3. The Kier molecular flexibility index (Phi) is 10.6. The second-order valence-electron chi connectivity index (χ2n) is 13.6. The van der Waals surface area contributed by atoms with Gasteiger partial charge in [0.1, 0.15) is 0 Å². The van der Waals surface area contributed by atoms with Crippen LogP contribution in [-0.2, 0) is 10.8 Å². The summed E-state index contributed by atoms with van der Waals surface area (Å²) < 4.78 is 1.37. The Balaban J connectivity index is 1.89. The summed E-state index contributed by atoms with van der Waals surface area (Å²) in [5.41, 5.74) is 10.6. The highest BCUT2D eigenvalue weighted by Gasteiger charge is 2.45. The van der Waals surface area contributed by atoms with Gasteiger partial charge in [-0.3, -0.25) is 0 Å². The standard InChI is InChI=1S/C39H53I/c1-8-12-14-28(10-3)26-39(27-29(11-4)15-13-9-2)36-24-31(30-16-19-32(20-17-30)38(5,6)7)18-22-34(36)35-23-21-33(40)25-37(35)39/h16-25,28-29H,8-15,26-27H2,1-7H3. The van der Waals surface area contributed by atoms with E-state index < -0.39 is 0 Å². The lowest BCUT2D eigenvalue weighted by atomic mass is 9.65. The maximum atomic E-state index is 2.60. The van der Waals surface area contributed by atoms with E-state index in [1.54, 1.807) is 11.1 Å². The molecule has 40 heavy (non-hydrogen) atoms. The van der Waals surface area contributed by atoms with Gasteiger partial charge in [-0.15, -0.1) is 0 Å². The Hall–Kier alpha value is -1.61. The molecule has 2 atom stereocenters. The van der Waals surface area contributed by atoms with Gasteiger partial charge in [0.2, 0.25) is 0 Å². The van der Waals surface area contributed by atoms with Crippen LogP contribution in [0.4, 0.5) is 0 Å². The van der Waals surface area contributed by atoms with Gasteiger partial charge in [-0.05, 0) is 110 Å². The average molecular weight is 649 g/mol. The maximum absolute atomic E-state index is 2.60. The monoisotopic (exact) mass is 648 g/mol. The fraction of sp³-hybridized carbons (Fsp3) is 0.538. The molecule has 0 N–H and O–H groups in total. The summed E-state index contributed by atoms with van der Waals surface area (Å²) in [7, 11) is 0. The molecular formula is C39H53I. The van der Waals surface area contributed by atoms with Crippen LogP contribution in [0.2, 0.25) is 0 Å². The number of unbranched alkanes of at least 4 members (excludes halogenated alkanes) is 2. The minimum atomic E-state index is 0.0933. The summed E-state index contributed by atoms with van der Waals surface area (Å²) in [6.07, 6.45) is 13.1. The van der Waals surface area contributed by atoms with Crippen molar-refractivity contribution < 1.29 is 0 Å². The van der Waals surface area contributed by atoms with Crippen molar-refractivity contribution in [3.8, 4) is 22.3 Å². The molecule has 1 heteroatoms. The van der Waals surface area contributed by atoms with E-state index in [1.807, 2.05) is 0 Å². The largest absolute Gasteiger partial charge is 0.0654 e. The number of benzene rings is 3. The van der Waals surface area contributed by atoms with Crippen LogP contribution in [-0.4, -0.2) is 0 Å². The first-order valence-electron chi connectivity index (χ1n) is 16.2. The third kappa shape index (κ3) is 6.71. The summed E-state index contributed by atoms with van der Waals surface area (Å²) in [6, 6.07) is 24.1. The molecule has 0 spiro atoms. The van der Waals surface area contributed by atoms with Crippen molar-refractivity contribution in [1.29, 1.82) is 0 Å². The molecule has 0 aromatic heterocycles. The number of hydrogen-bond donors (Lipinski definition) is 0. The van der Waals surface area contributed by atoms with Gasteiger partial charge in [-0.1, -0.05) is 142 Å². The van der Waals surface area contributed by atoms with Gasteiger partial charge in [0.25, 0.3) is 0 Å². The predicted molar refractivity (Wildman–Crippen MR) is 185 cm³/mol. The van der Waals surface area contributed by atoms with E-state index in [4.69, 9.17) is 0 Å². The molecule has 0 radical (unpaired) electrons. The Morgan fingerprint density at radius 1 is 0.650 bits per heavy atom. The van der Waals surface area contributed by atoms with Crippen molar-refractivity contribution in [3.05, 3.63) is 80.9 Å². The van der Waals surface area contributed by atoms with Crippen LogP contribution in [0, 0.1) is 15.4 Å². The molecule has 2 unspecified atom stereocenters. The number of halogens is 1. The fourth-order valence-electron chi connectivity index (χ4n) is 7.21. The van der Waals surface area contributed by atoms with Crippen LogP contribution in [0.15, 0.2) is 60.7 Å². The SMILES string of the molecule is CCCCC(CC)CC1(CC(CC)CCCC)c2cc(I)ccc2-c2ccc(-c3ccc(C(C)(C)C)cc3)cc21. The quantitative estimate of drug-likeness (QED) is 0.162. The lowest BCUT2D eigenvalue weighted by Gasteiger charge is -2.39. The van der Waals surface area contributed by atoms with Crippen LogP contribution in [0.3, 0.4) is 0 Å². The Morgan fingerprint density at radius 3 is 1.65 bits per heavy atom. The topological polar surface area (TPSA) is 0 Å². The van der Waals surface area contributed by atoms with E-state index in [9.17, 15) is 0 Å². The Labute approximate surface area is 259 Å². The van der Waals surface area contributed by atoms with Crippen molar-refractivity contribution >= 4 is 22.6 Å². The lowest BCUT2D eigenvalue weighted by Crippen LogP contribution is -2.31. The first-order chi connectivity index (χ1) is 19.2. The maximum Gasteiger partial charge on any atom is 0.0221 e. The van der Waals surface area contributed by atoms with Crippen molar-refractivity contribution in [2.24, 2.45) is 11.8 Å². The summed E-state index contributed by atoms with van der Waals surface area (Å²) in [4.78, 5) is 0. The molecule has 1 aliphatic carbocycles. The van der Waals surface area contributed by atoms with Crippen molar-refractivity contribution in [3.63, 3.8) is 0 Å². The van der Waals surface area contributed by atoms with E-state index in [1.165, 1.54) is 95.6 Å². The number of fused-ring (bicyclic) bond motifs is 3. The highest BCUT2D eigenvalue weighted by molar-refractivity contribution is 14.1. The number of hydrogen-bond acceptors (Lipinski definition) is 0. The zero-order valence-electron chi connectivity index (χ0n) is 26.4. The Bertz CT molecular complexity index is 1220. The second kappa shape index (κ2) is 13.6. The van der Waals surface area contributed by atoms with E-state index in [0.29, 0.717) is 0 Å². The second-order valence-corrected chi connectivity index (χ2v) is 14.8. The molecule has 0 fully saturated rings. The molecule has 3 aromatic carbocycles. The third-order valence-corrected chi connectivity index (χ3v) is 10.4. The highest BCUT2D eigenvalue weighted by atomic mass is 127.